The molecule has 0 aromatic heterocycles. The smallest absolute Gasteiger partial charge is 0.488 e. The molecule has 1 aromatic rings. The predicted octanol–water partition coefficient (Wildman–Crippen LogP) is -0.0872. The van der Waals surface area contributed by atoms with E-state index < -0.39 is 12.9 Å². The average Bonchev–Trinajstić information content (AvgIpc) is 2.17. The van der Waals surface area contributed by atoms with Crippen molar-refractivity contribution in [3.05, 3.63) is 17.9 Å². The van der Waals surface area contributed by atoms with Gasteiger partial charge in [0.15, 0.2) is 17.3 Å². The molecule has 15 heavy (non-hydrogen) atoms. The first-order chi connectivity index (χ1) is 7.10. The molecule has 0 bridgehead atoms. The molecule has 0 fully saturated rings. The normalized spacial score (nSPS) is 9.93. The van der Waals surface area contributed by atoms with Crippen LogP contribution in [-0.4, -0.2) is 30.9 Å². The lowest BCUT2D eigenvalue weighted by Crippen LogP contribution is -2.30. The molecule has 4 nitrogen and oxygen atoms in total. The van der Waals surface area contributed by atoms with Gasteiger partial charge in [-0.15, -0.1) is 0 Å². The molecule has 0 aliphatic rings. The zero-order chi connectivity index (χ0) is 11.4. The number of methoxy groups -OCH3 is 1. The van der Waals surface area contributed by atoms with Gasteiger partial charge in [-0.2, -0.15) is 0 Å². The first kappa shape index (κ1) is 11.8. The lowest BCUT2D eigenvalue weighted by Gasteiger charge is -2.11. The molecule has 1 rings (SSSR count). The largest absolute Gasteiger partial charge is 0.490 e. The number of hydrogen-bond acceptors (Lipinski definition) is 4. The van der Waals surface area contributed by atoms with Gasteiger partial charge in [-0.25, -0.2) is 4.39 Å². The van der Waals surface area contributed by atoms with Crippen LogP contribution >= 0.6 is 0 Å². The molecule has 0 atom stereocenters. The van der Waals surface area contributed by atoms with E-state index in [1.54, 1.807) is 6.92 Å². The number of ether oxygens (including phenoxy) is 2. The highest BCUT2D eigenvalue weighted by Crippen LogP contribution is 2.28. The molecular weight excluding hydrogens is 202 g/mol. The number of hydrogen-bond donors (Lipinski definition) is 2. The van der Waals surface area contributed by atoms with E-state index in [-0.39, 0.29) is 17.0 Å². The van der Waals surface area contributed by atoms with E-state index >= 15 is 0 Å². The summed E-state index contributed by atoms with van der Waals surface area (Å²) < 4.78 is 23.3. The van der Waals surface area contributed by atoms with Crippen LogP contribution in [0.15, 0.2) is 12.1 Å². The van der Waals surface area contributed by atoms with Crippen LogP contribution in [0.4, 0.5) is 4.39 Å². The van der Waals surface area contributed by atoms with Gasteiger partial charge in [0.05, 0.1) is 13.7 Å². The Bertz CT molecular complexity index is 343. The van der Waals surface area contributed by atoms with Crippen molar-refractivity contribution in [2.45, 2.75) is 6.92 Å². The van der Waals surface area contributed by atoms with E-state index in [1.807, 2.05) is 0 Å². The molecule has 0 radical (unpaired) electrons. The Balaban J connectivity index is 3.19. The van der Waals surface area contributed by atoms with Gasteiger partial charge in [0.25, 0.3) is 0 Å². The third kappa shape index (κ3) is 2.61. The van der Waals surface area contributed by atoms with Crippen molar-refractivity contribution in [3.63, 3.8) is 0 Å². The van der Waals surface area contributed by atoms with Crippen LogP contribution in [0.2, 0.25) is 0 Å². The molecule has 82 valence electrons. The zero-order valence-corrected chi connectivity index (χ0v) is 8.53. The van der Waals surface area contributed by atoms with Crippen molar-refractivity contribution < 1.29 is 23.9 Å². The number of halogens is 1. The van der Waals surface area contributed by atoms with Crippen molar-refractivity contribution in [1.29, 1.82) is 0 Å². The van der Waals surface area contributed by atoms with Crippen LogP contribution in [-0.2, 0) is 0 Å². The van der Waals surface area contributed by atoms with Gasteiger partial charge in [0, 0.05) is 0 Å². The zero-order valence-electron chi connectivity index (χ0n) is 8.53. The molecule has 0 heterocycles. The van der Waals surface area contributed by atoms with Crippen molar-refractivity contribution in [2.75, 3.05) is 13.7 Å². The molecule has 2 N–H and O–H groups in total. The van der Waals surface area contributed by atoms with Crippen molar-refractivity contribution >= 4 is 12.6 Å². The predicted molar refractivity (Wildman–Crippen MR) is 53.9 cm³/mol. The minimum absolute atomic E-state index is 0.0248. The standard InChI is InChI=1S/C9H12BFO4/c1-3-15-8-5-6(10(12)13)4-7(11)9(8)14-2/h4-5,12-13H,3H2,1-2H3. The van der Waals surface area contributed by atoms with E-state index in [4.69, 9.17) is 19.5 Å². The van der Waals surface area contributed by atoms with Crippen LogP contribution in [0.3, 0.4) is 0 Å². The summed E-state index contributed by atoms with van der Waals surface area (Å²) in [6.45, 7) is 2.07. The number of benzene rings is 1. The molecule has 0 saturated carbocycles. The Labute approximate surface area is 87.4 Å². The highest BCUT2D eigenvalue weighted by molar-refractivity contribution is 6.58. The third-order valence-corrected chi connectivity index (χ3v) is 1.83. The minimum Gasteiger partial charge on any atom is -0.490 e. The maximum absolute atomic E-state index is 13.4. The highest BCUT2D eigenvalue weighted by atomic mass is 19.1. The molecule has 0 aliphatic carbocycles. The maximum atomic E-state index is 13.4. The third-order valence-electron chi connectivity index (χ3n) is 1.83. The van der Waals surface area contributed by atoms with Crippen LogP contribution in [0.1, 0.15) is 6.92 Å². The summed E-state index contributed by atoms with van der Waals surface area (Å²) in [5, 5.41) is 17.8. The van der Waals surface area contributed by atoms with Gasteiger partial charge < -0.3 is 19.5 Å². The SMILES string of the molecule is CCOc1cc(B(O)O)cc(F)c1OC. The average molecular weight is 214 g/mol. The summed E-state index contributed by atoms with van der Waals surface area (Å²) in [6.07, 6.45) is 0. The van der Waals surface area contributed by atoms with Crippen molar-refractivity contribution in [1.82, 2.24) is 0 Å². The molecule has 6 heteroatoms. The van der Waals surface area contributed by atoms with E-state index in [9.17, 15) is 4.39 Å². The molecule has 0 unspecified atom stereocenters. The Morgan fingerprint density at radius 2 is 2.07 bits per heavy atom. The molecule has 0 spiro atoms. The van der Waals surface area contributed by atoms with E-state index in [0.29, 0.717) is 6.61 Å². The quantitative estimate of drug-likeness (QED) is 0.687. The van der Waals surface area contributed by atoms with Gasteiger partial charge >= 0.3 is 7.12 Å². The Hall–Kier alpha value is -1.27. The molecular formula is C9H12BFO4. The number of rotatable bonds is 4. The van der Waals surface area contributed by atoms with Gasteiger partial charge in [-0.05, 0) is 24.5 Å². The van der Waals surface area contributed by atoms with E-state index in [2.05, 4.69) is 0 Å². The van der Waals surface area contributed by atoms with Crippen molar-refractivity contribution in [3.8, 4) is 11.5 Å². The second-order valence-electron chi connectivity index (χ2n) is 2.84. The van der Waals surface area contributed by atoms with E-state index in [1.165, 1.54) is 13.2 Å². The minimum atomic E-state index is -1.73. The van der Waals surface area contributed by atoms with Gasteiger partial charge in [0.1, 0.15) is 0 Å². The van der Waals surface area contributed by atoms with Gasteiger partial charge in [-0.1, -0.05) is 0 Å². The van der Waals surface area contributed by atoms with Crippen LogP contribution in [0.25, 0.3) is 0 Å². The summed E-state index contributed by atoms with van der Waals surface area (Å²) >= 11 is 0. The van der Waals surface area contributed by atoms with Gasteiger partial charge in [-0.3, -0.25) is 0 Å². The van der Waals surface area contributed by atoms with Crippen LogP contribution < -0.4 is 14.9 Å². The second kappa shape index (κ2) is 5.00. The van der Waals surface area contributed by atoms with Crippen LogP contribution in [0, 0.1) is 5.82 Å². The molecule has 0 aliphatic heterocycles. The topological polar surface area (TPSA) is 58.9 Å². The lowest BCUT2D eigenvalue weighted by atomic mass is 9.80. The lowest BCUT2D eigenvalue weighted by molar-refractivity contribution is 0.301. The summed E-state index contributed by atoms with van der Waals surface area (Å²) in [5.74, 6) is -0.573. The van der Waals surface area contributed by atoms with E-state index in [0.717, 1.165) is 6.07 Å². The monoisotopic (exact) mass is 214 g/mol. The summed E-state index contributed by atoms with van der Waals surface area (Å²) in [5.41, 5.74) is 0.0248. The Morgan fingerprint density at radius 1 is 1.40 bits per heavy atom. The first-order valence-electron chi connectivity index (χ1n) is 4.46. The maximum Gasteiger partial charge on any atom is 0.488 e. The Kier molecular flexibility index (Phi) is 3.93. The fourth-order valence-electron chi connectivity index (χ4n) is 1.20. The van der Waals surface area contributed by atoms with Gasteiger partial charge in [0.2, 0.25) is 0 Å². The van der Waals surface area contributed by atoms with Crippen molar-refractivity contribution in [2.24, 2.45) is 0 Å². The molecule has 0 amide bonds. The second-order valence-corrected chi connectivity index (χ2v) is 2.84. The fraction of sp³-hybridized carbons (Fsp3) is 0.333. The first-order valence-corrected chi connectivity index (χ1v) is 4.46. The highest BCUT2D eigenvalue weighted by Gasteiger charge is 2.18. The fourth-order valence-corrected chi connectivity index (χ4v) is 1.20. The van der Waals surface area contributed by atoms with Crippen LogP contribution in [0.5, 0.6) is 11.5 Å². The summed E-state index contributed by atoms with van der Waals surface area (Å²) in [4.78, 5) is 0. The molecule has 1 aromatic carbocycles. The summed E-state index contributed by atoms with van der Waals surface area (Å²) in [6, 6.07) is 2.32. The molecule has 0 saturated heterocycles. The Morgan fingerprint density at radius 3 is 2.53 bits per heavy atom. The summed E-state index contributed by atoms with van der Waals surface area (Å²) in [7, 11) is -0.416.